The molecule has 3 N–H and O–H groups in total. The molecule has 2 aromatic rings. The second kappa shape index (κ2) is 5.29. The van der Waals surface area contributed by atoms with Gasteiger partial charge in [-0.1, -0.05) is 6.42 Å². The van der Waals surface area contributed by atoms with Crippen LogP contribution in [0, 0.1) is 5.92 Å². The van der Waals surface area contributed by atoms with Crippen LogP contribution in [-0.2, 0) is 30.6 Å². The second-order valence-corrected chi connectivity index (χ2v) is 6.88. The first-order valence-electron chi connectivity index (χ1n) is 6.61. The maximum absolute atomic E-state index is 12.5. The number of anilines is 2. The van der Waals surface area contributed by atoms with Gasteiger partial charge in [0.05, 0.1) is 16.2 Å². The van der Waals surface area contributed by atoms with Crippen LogP contribution in [0.15, 0.2) is 5.03 Å². The van der Waals surface area contributed by atoms with E-state index in [0.29, 0.717) is 16.4 Å². The summed E-state index contributed by atoms with van der Waals surface area (Å²) in [5, 5.41) is 8.35. The Hall–Kier alpha value is -1.06. The summed E-state index contributed by atoms with van der Waals surface area (Å²) in [5.74, 6) is 2.98. The zero-order valence-corrected chi connectivity index (χ0v) is 14.8. The summed E-state index contributed by atoms with van der Waals surface area (Å²) in [6.07, 6.45) is 2.08. The number of piperidine rings is 1. The number of nitrogens with zero attached hydrogens (tertiary/aromatic N) is 4. The third-order valence-electron chi connectivity index (χ3n) is 4.01. The van der Waals surface area contributed by atoms with E-state index in [9.17, 15) is 4.21 Å². The number of H-pyrrole nitrogens is 1. The number of aromatic amines is 1. The summed E-state index contributed by atoms with van der Waals surface area (Å²) in [6, 6.07) is 0.234. The molecule has 0 amide bonds. The van der Waals surface area contributed by atoms with E-state index in [1.54, 1.807) is 0 Å². The smallest absolute Gasteiger partial charge is 0.382 e. The molecule has 1 saturated heterocycles. The topological polar surface area (TPSA) is 101 Å². The van der Waals surface area contributed by atoms with Crippen molar-refractivity contribution in [3.8, 4) is 0 Å². The van der Waals surface area contributed by atoms with E-state index < -0.39 is 10.8 Å². The van der Waals surface area contributed by atoms with Crippen LogP contribution in [0.2, 0.25) is 0 Å². The Morgan fingerprint density at radius 2 is 2.29 bits per heavy atom. The molecule has 4 heterocycles. The fourth-order valence-electron chi connectivity index (χ4n) is 3.02. The fraction of sp³-hybridized carbons (Fsp3) is 0.500. The normalized spacial score (nSPS) is 25.3. The zero-order chi connectivity index (χ0) is 13.9. The molecule has 2 aliphatic heterocycles. The molecule has 0 aromatic carbocycles. The van der Waals surface area contributed by atoms with Gasteiger partial charge in [0.2, 0.25) is 5.95 Å². The van der Waals surface area contributed by atoms with Crippen molar-refractivity contribution >= 4 is 33.6 Å². The molecular weight excluding hydrogens is 466 g/mol. The SMILES string of the molecule is C[C-]1CC[C@@H]2CS(=O)c3[nH]nc4nc(N)nc(c34)N2C1.[Os+]. The minimum Gasteiger partial charge on any atom is -0.382 e. The molecule has 21 heavy (non-hydrogen) atoms. The molecule has 7 nitrogen and oxygen atoms in total. The Morgan fingerprint density at radius 1 is 1.48 bits per heavy atom. The van der Waals surface area contributed by atoms with Crippen molar-refractivity contribution in [1.29, 1.82) is 0 Å². The van der Waals surface area contributed by atoms with Crippen LogP contribution in [0.3, 0.4) is 0 Å². The van der Waals surface area contributed by atoms with Crippen LogP contribution in [0.1, 0.15) is 19.8 Å². The maximum Gasteiger partial charge on any atom is 1.00 e. The molecule has 0 spiro atoms. The Bertz CT molecular complexity index is 719. The first-order valence-corrected chi connectivity index (χ1v) is 7.93. The van der Waals surface area contributed by atoms with Gasteiger partial charge in [0, 0.05) is 11.8 Å². The van der Waals surface area contributed by atoms with Gasteiger partial charge in [0.25, 0.3) is 0 Å². The van der Waals surface area contributed by atoms with Crippen LogP contribution in [0.4, 0.5) is 11.8 Å². The number of aromatic nitrogens is 4. The molecular formula is C12H15N6OOsS. The largest absolute Gasteiger partial charge is 1.00 e. The quantitative estimate of drug-likeness (QED) is 0.535. The van der Waals surface area contributed by atoms with Crippen LogP contribution >= 0.6 is 0 Å². The van der Waals surface area contributed by atoms with Crippen molar-refractivity contribution in [2.45, 2.75) is 30.8 Å². The van der Waals surface area contributed by atoms with Crippen molar-refractivity contribution in [3.63, 3.8) is 0 Å². The van der Waals surface area contributed by atoms with E-state index >= 15 is 0 Å². The van der Waals surface area contributed by atoms with Gasteiger partial charge in [-0.05, 0) is 0 Å². The first kappa shape index (κ1) is 14.9. The van der Waals surface area contributed by atoms with Gasteiger partial charge in [0.1, 0.15) is 10.8 Å². The summed E-state index contributed by atoms with van der Waals surface area (Å²) < 4.78 is 12.5. The average Bonchev–Trinajstić information content (AvgIpc) is 2.78. The van der Waals surface area contributed by atoms with E-state index in [4.69, 9.17) is 5.73 Å². The van der Waals surface area contributed by atoms with Crippen LogP contribution in [0.5, 0.6) is 0 Å². The maximum atomic E-state index is 12.5. The van der Waals surface area contributed by atoms with Gasteiger partial charge in [-0.15, -0.1) is 6.54 Å². The summed E-state index contributed by atoms with van der Waals surface area (Å²) in [5.41, 5.74) is 6.29. The number of rotatable bonds is 0. The summed E-state index contributed by atoms with van der Waals surface area (Å²) in [7, 11) is -1.10. The number of hydrogen-bond donors (Lipinski definition) is 2. The van der Waals surface area contributed by atoms with Crippen molar-refractivity contribution in [2.75, 3.05) is 22.9 Å². The Labute approximate surface area is 137 Å². The fourth-order valence-corrected chi connectivity index (χ4v) is 4.44. The van der Waals surface area contributed by atoms with Gasteiger partial charge in [-0.3, -0.25) is 15.2 Å². The predicted octanol–water partition coefficient (Wildman–Crippen LogP) is 0.617. The minimum atomic E-state index is -1.10. The van der Waals surface area contributed by atoms with Gasteiger partial charge in [-0.25, -0.2) is 0 Å². The molecule has 2 aromatic heterocycles. The summed E-state index contributed by atoms with van der Waals surface area (Å²) in [4.78, 5) is 10.7. The number of hydrogen-bond acceptors (Lipinski definition) is 6. The first-order chi connectivity index (χ1) is 9.63. The van der Waals surface area contributed by atoms with Crippen molar-refractivity contribution < 1.29 is 24.0 Å². The van der Waals surface area contributed by atoms with Crippen molar-refractivity contribution in [2.24, 2.45) is 0 Å². The molecule has 2 aliphatic rings. The van der Waals surface area contributed by atoms with Crippen LogP contribution in [-0.4, -0.2) is 42.7 Å². The summed E-state index contributed by atoms with van der Waals surface area (Å²) >= 11 is 0. The number of nitrogens with one attached hydrogen (secondary N) is 1. The number of nitrogen functional groups attached to an aromatic ring is 1. The average molecular weight is 482 g/mol. The van der Waals surface area contributed by atoms with Crippen LogP contribution < -0.4 is 10.6 Å². The molecule has 1 fully saturated rings. The molecule has 4 rings (SSSR count). The van der Waals surface area contributed by atoms with Crippen LogP contribution in [0.25, 0.3) is 11.0 Å². The number of fused-ring (bicyclic) bond motifs is 2. The minimum absolute atomic E-state index is 0. The third-order valence-corrected chi connectivity index (χ3v) is 5.45. The standard InChI is InChI=1S/C12H15N6OS.Os/c1-6-2-3-7-5-20(19)11-8-9(16-17-11)14-12(13)15-10(8)18(7)4-6;/h7H,2-5H2,1H3,(H3,13,14,15,16,17);/q-1;+1/t7-,20?;/m1./s1. The predicted molar refractivity (Wildman–Crippen MR) is 76.7 cm³/mol. The van der Waals surface area contributed by atoms with E-state index in [2.05, 4.69) is 32.0 Å². The molecule has 0 bridgehead atoms. The van der Waals surface area contributed by atoms with E-state index in [0.717, 1.165) is 30.6 Å². The molecule has 1 radical (unpaired) electrons. The number of nitrogens with two attached hydrogens (primary N) is 1. The van der Waals surface area contributed by atoms with E-state index in [-0.39, 0.29) is 31.8 Å². The zero-order valence-electron chi connectivity index (χ0n) is 11.4. The van der Waals surface area contributed by atoms with E-state index in [1.807, 2.05) is 0 Å². The summed E-state index contributed by atoms with van der Waals surface area (Å²) in [6.45, 7) is 2.98. The van der Waals surface area contributed by atoms with Crippen molar-refractivity contribution in [1.82, 2.24) is 20.2 Å². The molecule has 0 aliphatic carbocycles. The Balaban J connectivity index is 0.00000132. The Morgan fingerprint density at radius 3 is 3.10 bits per heavy atom. The molecule has 0 saturated carbocycles. The monoisotopic (exact) mass is 483 g/mol. The molecule has 1 unspecified atom stereocenters. The molecule has 2 atom stereocenters. The van der Waals surface area contributed by atoms with E-state index in [1.165, 1.54) is 5.92 Å². The van der Waals surface area contributed by atoms with Gasteiger partial charge in [0.15, 0.2) is 5.65 Å². The van der Waals surface area contributed by atoms with Crippen molar-refractivity contribution in [3.05, 3.63) is 5.92 Å². The Kier molecular flexibility index (Phi) is 3.74. The third kappa shape index (κ3) is 2.27. The van der Waals surface area contributed by atoms with Gasteiger partial charge < -0.3 is 10.6 Å². The second-order valence-electron chi connectivity index (χ2n) is 5.45. The molecule has 113 valence electrons. The van der Waals surface area contributed by atoms with Gasteiger partial charge >= 0.3 is 19.8 Å². The molecule has 9 heteroatoms. The van der Waals surface area contributed by atoms with Gasteiger partial charge in [-0.2, -0.15) is 28.4 Å².